The molecule has 136 valence electrons. The number of carbonyl (C=O) groups excluding carboxylic acids is 1. The summed E-state index contributed by atoms with van der Waals surface area (Å²) in [5, 5.41) is 8.68. The molecule has 0 saturated heterocycles. The molecule has 0 atom stereocenters. The first-order valence-corrected chi connectivity index (χ1v) is 8.82. The third kappa shape index (κ3) is 6.52. The van der Waals surface area contributed by atoms with Crippen LogP contribution in [-0.2, 0) is 21.4 Å². The van der Waals surface area contributed by atoms with Crippen LogP contribution in [0.25, 0.3) is 0 Å². The number of hydrogen-bond acceptors (Lipinski definition) is 4. The van der Waals surface area contributed by atoms with Gasteiger partial charge in [0.1, 0.15) is 5.75 Å². The molecular weight excluding hydrogens is 304 g/mol. The number of benzene rings is 1. The lowest BCUT2D eigenvalue weighted by molar-refractivity contribution is -0.144. The Morgan fingerprint density at radius 2 is 1.92 bits per heavy atom. The monoisotopic (exact) mass is 336 g/mol. The van der Waals surface area contributed by atoms with E-state index in [0.29, 0.717) is 26.1 Å². The molecule has 0 aliphatic heterocycles. The van der Waals surface area contributed by atoms with Gasteiger partial charge < -0.3 is 14.6 Å². The van der Waals surface area contributed by atoms with Gasteiger partial charge in [-0.05, 0) is 43.2 Å². The van der Waals surface area contributed by atoms with Gasteiger partial charge >= 0.3 is 5.97 Å². The quantitative estimate of drug-likeness (QED) is 0.548. The minimum atomic E-state index is -0.192. The third-order valence-electron chi connectivity index (χ3n) is 3.84. The fraction of sp³-hybridized carbons (Fsp3) is 0.650. The van der Waals surface area contributed by atoms with E-state index in [4.69, 9.17) is 14.6 Å². The summed E-state index contributed by atoms with van der Waals surface area (Å²) in [6.45, 7) is 11.6. The third-order valence-corrected chi connectivity index (χ3v) is 3.84. The first kappa shape index (κ1) is 20.5. The first-order valence-electron chi connectivity index (χ1n) is 8.82. The lowest BCUT2D eigenvalue weighted by Crippen LogP contribution is -2.15. The van der Waals surface area contributed by atoms with Gasteiger partial charge in [-0.2, -0.15) is 0 Å². The molecule has 0 unspecified atom stereocenters. The van der Waals surface area contributed by atoms with Crippen LogP contribution >= 0.6 is 0 Å². The Morgan fingerprint density at radius 1 is 1.21 bits per heavy atom. The Labute approximate surface area is 146 Å². The Kier molecular flexibility index (Phi) is 8.26. The second kappa shape index (κ2) is 9.67. The van der Waals surface area contributed by atoms with Gasteiger partial charge in [0.25, 0.3) is 0 Å². The lowest BCUT2D eigenvalue weighted by Gasteiger charge is -2.25. The highest BCUT2D eigenvalue weighted by Gasteiger charge is 2.21. The number of rotatable bonds is 9. The van der Waals surface area contributed by atoms with E-state index >= 15 is 0 Å². The highest BCUT2D eigenvalue weighted by atomic mass is 16.5. The van der Waals surface area contributed by atoms with Crippen molar-refractivity contribution in [2.75, 3.05) is 19.8 Å². The Hall–Kier alpha value is -1.55. The number of aliphatic hydroxyl groups excluding tert-OH is 1. The summed E-state index contributed by atoms with van der Waals surface area (Å²) in [5.74, 6) is 0.791. The zero-order chi connectivity index (χ0) is 18.2. The van der Waals surface area contributed by atoms with Gasteiger partial charge in [-0.3, -0.25) is 4.79 Å². The van der Waals surface area contributed by atoms with E-state index in [2.05, 4.69) is 39.8 Å². The molecule has 0 aliphatic carbocycles. The topological polar surface area (TPSA) is 55.8 Å². The van der Waals surface area contributed by atoms with Crippen molar-refractivity contribution in [1.82, 2.24) is 0 Å². The van der Waals surface area contributed by atoms with E-state index in [0.717, 1.165) is 24.2 Å². The molecule has 1 N–H and O–H groups in total. The van der Waals surface area contributed by atoms with Crippen LogP contribution in [-0.4, -0.2) is 30.9 Å². The molecule has 0 aromatic heterocycles. The average Bonchev–Trinajstić information content (AvgIpc) is 2.49. The molecule has 0 radical (unpaired) electrons. The summed E-state index contributed by atoms with van der Waals surface area (Å²) in [4.78, 5) is 11.6. The van der Waals surface area contributed by atoms with Crippen LogP contribution in [0.3, 0.4) is 0 Å². The van der Waals surface area contributed by atoms with E-state index in [9.17, 15) is 4.79 Å². The molecular formula is C20H32O4. The molecule has 4 nitrogen and oxygen atoms in total. The summed E-state index contributed by atoms with van der Waals surface area (Å²) in [6.07, 6.45) is 2.50. The lowest BCUT2D eigenvalue weighted by atomic mass is 9.83. The molecule has 4 heteroatoms. The largest absolute Gasteiger partial charge is 0.493 e. The summed E-state index contributed by atoms with van der Waals surface area (Å²) < 4.78 is 10.9. The Bertz CT molecular complexity index is 529. The second-order valence-electron chi connectivity index (χ2n) is 7.12. The molecule has 1 rings (SSSR count). The first-order chi connectivity index (χ1) is 11.3. The smallest absolute Gasteiger partial charge is 0.305 e. The van der Waals surface area contributed by atoms with Crippen molar-refractivity contribution in [1.29, 1.82) is 0 Å². The minimum Gasteiger partial charge on any atom is -0.493 e. The molecule has 0 saturated carbocycles. The van der Waals surface area contributed by atoms with Gasteiger partial charge in [0.05, 0.1) is 13.2 Å². The van der Waals surface area contributed by atoms with Gasteiger partial charge in [0.2, 0.25) is 0 Å². The molecule has 0 spiro atoms. The van der Waals surface area contributed by atoms with Gasteiger partial charge in [-0.1, -0.05) is 32.9 Å². The van der Waals surface area contributed by atoms with Crippen LogP contribution < -0.4 is 4.74 Å². The summed E-state index contributed by atoms with van der Waals surface area (Å²) in [5.41, 5.74) is 3.59. The number of hydrogen-bond donors (Lipinski definition) is 1. The van der Waals surface area contributed by atoms with Gasteiger partial charge in [0, 0.05) is 25.0 Å². The van der Waals surface area contributed by atoms with Crippen molar-refractivity contribution in [2.45, 2.75) is 65.7 Å². The van der Waals surface area contributed by atoms with Crippen LogP contribution in [0.1, 0.15) is 63.6 Å². The minimum absolute atomic E-state index is 0.00843. The van der Waals surface area contributed by atoms with Crippen molar-refractivity contribution in [3.63, 3.8) is 0 Å². The van der Waals surface area contributed by atoms with E-state index in [-0.39, 0.29) is 18.0 Å². The van der Waals surface area contributed by atoms with Crippen molar-refractivity contribution in [2.24, 2.45) is 0 Å². The van der Waals surface area contributed by atoms with Crippen LogP contribution in [0.2, 0.25) is 0 Å². The summed E-state index contributed by atoms with van der Waals surface area (Å²) in [7, 11) is 0. The van der Waals surface area contributed by atoms with Crippen LogP contribution in [0.5, 0.6) is 5.75 Å². The predicted octanol–water partition coefficient (Wildman–Crippen LogP) is 3.94. The van der Waals surface area contributed by atoms with E-state index < -0.39 is 0 Å². The maximum absolute atomic E-state index is 11.6. The van der Waals surface area contributed by atoms with Gasteiger partial charge in [-0.15, -0.1) is 0 Å². The van der Waals surface area contributed by atoms with Crippen LogP contribution in [0.15, 0.2) is 12.1 Å². The number of aryl methyl sites for hydroxylation is 2. The SMILES string of the molecule is CCOc1c(C)cc(CCCC(=O)OCCCO)cc1C(C)(C)C. The van der Waals surface area contributed by atoms with Crippen LogP contribution in [0, 0.1) is 6.92 Å². The van der Waals surface area contributed by atoms with Crippen molar-refractivity contribution >= 4 is 5.97 Å². The Balaban J connectivity index is 2.72. The molecule has 0 fully saturated rings. The van der Waals surface area contributed by atoms with E-state index in [1.807, 2.05) is 6.92 Å². The van der Waals surface area contributed by atoms with E-state index in [1.165, 1.54) is 11.1 Å². The Morgan fingerprint density at radius 3 is 2.50 bits per heavy atom. The number of carbonyl (C=O) groups is 1. The molecule has 24 heavy (non-hydrogen) atoms. The van der Waals surface area contributed by atoms with Crippen LogP contribution in [0.4, 0.5) is 0 Å². The molecule has 1 aromatic rings. The fourth-order valence-electron chi connectivity index (χ4n) is 2.65. The zero-order valence-electron chi connectivity index (χ0n) is 15.8. The standard InChI is InChI=1S/C20H32O4/c1-6-23-19-15(2)13-16(14-17(19)20(3,4)5)9-7-10-18(22)24-12-8-11-21/h13-14,21H,6-12H2,1-5H3. The fourth-order valence-corrected chi connectivity index (χ4v) is 2.65. The van der Waals surface area contributed by atoms with Crippen molar-refractivity contribution in [3.8, 4) is 5.75 Å². The molecule has 1 aromatic carbocycles. The molecule has 0 heterocycles. The predicted molar refractivity (Wildman–Crippen MR) is 96.6 cm³/mol. The van der Waals surface area contributed by atoms with Crippen molar-refractivity contribution < 1.29 is 19.4 Å². The van der Waals surface area contributed by atoms with Crippen molar-refractivity contribution in [3.05, 3.63) is 28.8 Å². The van der Waals surface area contributed by atoms with Gasteiger partial charge in [0.15, 0.2) is 0 Å². The van der Waals surface area contributed by atoms with Gasteiger partial charge in [-0.25, -0.2) is 0 Å². The number of aliphatic hydroxyl groups is 1. The normalized spacial score (nSPS) is 11.4. The second-order valence-corrected chi connectivity index (χ2v) is 7.12. The number of esters is 1. The highest BCUT2D eigenvalue weighted by molar-refractivity contribution is 5.69. The molecule has 0 bridgehead atoms. The average molecular weight is 336 g/mol. The molecule has 0 aliphatic rings. The maximum Gasteiger partial charge on any atom is 0.305 e. The number of ether oxygens (including phenoxy) is 2. The zero-order valence-corrected chi connectivity index (χ0v) is 15.8. The summed E-state index contributed by atoms with van der Waals surface area (Å²) >= 11 is 0. The highest BCUT2D eigenvalue weighted by Crippen LogP contribution is 2.35. The maximum atomic E-state index is 11.6. The van der Waals surface area contributed by atoms with E-state index in [1.54, 1.807) is 0 Å². The summed E-state index contributed by atoms with van der Waals surface area (Å²) in [6, 6.07) is 4.35. The molecule has 0 amide bonds.